The van der Waals surface area contributed by atoms with Crippen molar-refractivity contribution in [3.8, 4) is 0 Å². The molecule has 0 saturated heterocycles. The number of aromatic nitrogens is 4. The third kappa shape index (κ3) is 2.10. The Balaban J connectivity index is 1.53. The largest absolute Gasteiger partial charge is 0.357 e. The van der Waals surface area contributed by atoms with E-state index in [2.05, 4.69) is 89.9 Å². The van der Waals surface area contributed by atoms with Crippen LogP contribution in [0.5, 0.6) is 0 Å². The van der Waals surface area contributed by atoms with Crippen LogP contribution in [-0.2, 0) is 20.5 Å². The Bertz CT molecular complexity index is 1570. The van der Waals surface area contributed by atoms with Gasteiger partial charge in [-0.3, -0.25) is 4.68 Å². The van der Waals surface area contributed by atoms with Crippen LogP contribution in [0.15, 0.2) is 54.7 Å². The second-order valence-electron chi connectivity index (χ2n) is 8.12. The molecule has 0 unspecified atom stereocenters. The van der Waals surface area contributed by atoms with Gasteiger partial charge in [-0.05, 0) is 30.7 Å². The summed E-state index contributed by atoms with van der Waals surface area (Å²) in [4.78, 5) is 3.49. The van der Waals surface area contributed by atoms with E-state index in [1.807, 2.05) is 0 Å². The molecule has 0 radical (unpaired) electrons. The van der Waals surface area contributed by atoms with Gasteiger partial charge in [0.05, 0.1) is 27.8 Å². The number of nitrogens with one attached hydrogen (secondary N) is 1. The van der Waals surface area contributed by atoms with Gasteiger partial charge in [0, 0.05) is 54.1 Å². The Hall–Kier alpha value is -3.60. The zero-order chi connectivity index (χ0) is 19.9. The Morgan fingerprint density at radius 3 is 2.55 bits per heavy atom. The van der Waals surface area contributed by atoms with Crippen molar-refractivity contribution in [3.63, 3.8) is 0 Å². The van der Waals surface area contributed by atoms with E-state index < -0.39 is 0 Å². The fraction of sp³-hybridized carbons (Fsp3) is 0.167. The number of rotatable bonds is 2. The van der Waals surface area contributed by atoms with Crippen molar-refractivity contribution >= 4 is 43.7 Å². The molecular formula is C24H23N5. The minimum atomic E-state index is 0.790. The van der Waals surface area contributed by atoms with Crippen molar-refractivity contribution in [2.45, 2.75) is 13.3 Å². The van der Waals surface area contributed by atoms with Crippen LogP contribution in [0.25, 0.3) is 43.7 Å². The lowest BCUT2D eigenvalue weighted by molar-refractivity contribution is 0.902. The maximum Gasteiger partial charge on any atom is 0.0725 e. The zero-order valence-corrected chi connectivity index (χ0v) is 16.8. The molecule has 0 aliphatic carbocycles. The molecule has 29 heavy (non-hydrogen) atoms. The van der Waals surface area contributed by atoms with Gasteiger partial charge in [0.15, 0.2) is 0 Å². The van der Waals surface area contributed by atoms with Crippen LogP contribution in [-0.4, -0.2) is 18.8 Å². The number of benzene rings is 2. The molecule has 0 aliphatic rings. The first-order valence-electron chi connectivity index (χ1n) is 9.92. The fourth-order valence-electron chi connectivity index (χ4n) is 4.96. The molecule has 0 fully saturated rings. The summed E-state index contributed by atoms with van der Waals surface area (Å²) in [5.74, 6) is 6.40. The Labute approximate surface area is 167 Å². The molecule has 5 heteroatoms. The molecule has 0 aliphatic heterocycles. The van der Waals surface area contributed by atoms with E-state index in [9.17, 15) is 0 Å². The number of nitrogens with two attached hydrogens (primary N) is 1. The molecule has 2 aromatic carbocycles. The monoisotopic (exact) mass is 381 g/mol. The molecule has 4 aromatic heterocycles. The van der Waals surface area contributed by atoms with Gasteiger partial charge in [0.25, 0.3) is 0 Å². The van der Waals surface area contributed by atoms with Crippen molar-refractivity contribution in [3.05, 3.63) is 71.7 Å². The van der Waals surface area contributed by atoms with Gasteiger partial charge in [0.1, 0.15) is 0 Å². The maximum absolute atomic E-state index is 6.40. The number of hydrogen-bond acceptors (Lipinski definition) is 1. The Morgan fingerprint density at radius 2 is 1.69 bits per heavy atom. The van der Waals surface area contributed by atoms with Crippen LogP contribution in [0.2, 0.25) is 0 Å². The van der Waals surface area contributed by atoms with Gasteiger partial charge in [-0.15, -0.1) is 0 Å². The highest BCUT2D eigenvalue weighted by Gasteiger charge is 2.17. The summed E-state index contributed by atoms with van der Waals surface area (Å²) in [6, 6.07) is 17.5. The smallest absolute Gasteiger partial charge is 0.0725 e. The second kappa shape index (κ2) is 5.47. The van der Waals surface area contributed by atoms with Crippen LogP contribution in [0.4, 0.5) is 0 Å². The van der Waals surface area contributed by atoms with E-state index in [1.54, 1.807) is 4.68 Å². The highest BCUT2D eigenvalue weighted by Crippen LogP contribution is 2.33. The lowest BCUT2D eigenvalue weighted by Crippen LogP contribution is -2.12. The minimum Gasteiger partial charge on any atom is -0.357 e. The Kier molecular flexibility index (Phi) is 3.09. The number of aryl methyl sites for hydroxylation is 3. The number of nitrogens with zero attached hydrogens (tertiary/aromatic N) is 3. The standard InChI is InChI=1S/C24H23N5/c1-14-10-21-23(26-14)17-9-8-15(11-20(17)27(21)2)12-22-24-18(13-29(22)25)16-6-4-5-7-19(16)28(24)3/h4-11,13,26H,12,25H2,1-3H3. The molecule has 6 rings (SSSR count). The van der Waals surface area contributed by atoms with Crippen LogP contribution in [0.1, 0.15) is 17.0 Å². The van der Waals surface area contributed by atoms with Crippen LogP contribution in [0.3, 0.4) is 0 Å². The highest BCUT2D eigenvalue weighted by atomic mass is 15.3. The number of H-pyrrole nitrogens is 1. The molecule has 0 saturated carbocycles. The molecule has 4 heterocycles. The average molecular weight is 381 g/mol. The van der Waals surface area contributed by atoms with Crippen LogP contribution < -0.4 is 5.84 Å². The van der Waals surface area contributed by atoms with E-state index in [-0.39, 0.29) is 0 Å². The SMILES string of the molecule is Cc1cc2c([nH]1)c1ccc(Cc3c4c(cn3N)c3ccccc3n4C)cc1n2C. The predicted octanol–water partition coefficient (Wildman–Crippen LogP) is 4.72. The topological polar surface area (TPSA) is 56.6 Å². The summed E-state index contributed by atoms with van der Waals surface area (Å²) >= 11 is 0. The molecule has 0 atom stereocenters. The first kappa shape index (κ1) is 16.4. The third-order valence-corrected chi connectivity index (χ3v) is 6.36. The molecule has 3 N–H and O–H groups in total. The summed E-state index contributed by atoms with van der Waals surface area (Å²) in [5, 5.41) is 3.72. The third-order valence-electron chi connectivity index (χ3n) is 6.36. The number of para-hydroxylation sites is 1. The predicted molar refractivity (Wildman–Crippen MR) is 121 cm³/mol. The first-order valence-corrected chi connectivity index (χ1v) is 9.92. The summed E-state index contributed by atoms with van der Waals surface area (Å²) in [6.07, 6.45) is 2.85. The van der Waals surface area contributed by atoms with Gasteiger partial charge >= 0.3 is 0 Å². The number of nitrogen functional groups attached to an aromatic ring is 1. The second-order valence-corrected chi connectivity index (χ2v) is 8.12. The van der Waals surface area contributed by atoms with E-state index in [4.69, 9.17) is 5.84 Å². The molecular weight excluding hydrogens is 358 g/mol. The van der Waals surface area contributed by atoms with Crippen molar-refractivity contribution < 1.29 is 0 Å². The average Bonchev–Trinajstić information content (AvgIpc) is 3.40. The van der Waals surface area contributed by atoms with Crippen molar-refractivity contribution in [2.24, 2.45) is 14.1 Å². The molecule has 0 spiro atoms. The van der Waals surface area contributed by atoms with E-state index in [0.29, 0.717) is 0 Å². The normalized spacial score (nSPS) is 12.2. The summed E-state index contributed by atoms with van der Waals surface area (Å²) in [6.45, 7) is 2.10. The fourth-order valence-corrected chi connectivity index (χ4v) is 4.96. The van der Waals surface area contributed by atoms with Gasteiger partial charge in [-0.25, -0.2) is 0 Å². The van der Waals surface area contributed by atoms with Crippen molar-refractivity contribution in [1.82, 2.24) is 18.8 Å². The van der Waals surface area contributed by atoms with Crippen molar-refractivity contribution in [2.75, 3.05) is 5.84 Å². The molecule has 5 nitrogen and oxygen atoms in total. The number of fused-ring (bicyclic) bond motifs is 6. The number of aromatic amines is 1. The van der Waals surface area contributed by atoms with Gasteiger partial charge < -0.3 is 20.0 Å². The van der Waals surface area contributed by atoms with Gasteiger partial charge in [-0.2, -0.15) is 0 Å². The first-order chi connectivity index (χ1) is 14.0. The highest BCUT2D eigenvalue weighted by molar-refractivity contribution is 6.09. The lowest BCUT2D eigenvalue weighted by atomic mass is 10.1. The summed E-state index contributed by atoms with van der Waals surface area (Å²) in [7, 11) is 4.26. The van der Waals surface area contributed by atoms with Crippen molar-refractivity contribution in [1.29, 1.82) is 0 Å². The van der Waals surface area contributed by atoms with E-state index in [1.165, 1.54) is 55.0 Å². The minimum absolute atomic E-state index is 0.790. The summed E-state index contributed by atoms with van der Waals surface area (Å²) < 4.78 is 6.32. The van der Waals surface area contributed by atoms with Crippen LogP contribution in [0, 0.1) is 6.92 Å². The molecule has 0 bridgehead atoms. The molecule has 144 valence electrons. The van der Waals surface area contributed by atoms with Gasteiger partial charge in [0.2, 0.25) is 0 Å². The lowest BCUT2D eigenvalue weighted by Gasteiger charge is -2.08. The quantitative estimate of drug-likeness (QED) is 0.419. The van der Waals surface area contributed by atoms with E-state index >= 15 is 0 Å². The maximum atomic E-state index is 6.40. The Morgan fingerprint density at radius 1 is 0.862 bits per heavy atom. The zero-order valence-electron chi connectivity index (χ0n) is 16.8. The van der Waals surface area contributed by atoms with E-state index in [0.717, 1.165) is 12.1 Å². The van der Waals surface area contributed by atoms with Crippen LogP contribution >= 0.6 is 0 Å². The van der Waals surface area contributed by atoms with Gasteiger partial charge in [-0.1, -0.05) is 30.3 Å². The molecule has 0 amide bonds. The summed E-state index contributed by atoms with van der Waals surface area (Å²) in [5.41, 5.74) is 9.73. The molecule has 6 aromatic rings. The number of hydrogen-bond donors (Lipinski definition) is 2.